The average molecular weight is 273 g/mol. The summed E-state index contributed by atoms with van der Waals surface area (Å²) in [4.78, 5) is 15.3. The number of carboxylic acids is 1. The van der Waals surface area contributed by atoms with Gasteiger partial charge in [0.25, 0.3) is 0 Å². The maximum absolute atomic E-state index is 13.1. The highest BCUT2D eigenvalue weighted by Crippen LogP contribution is 2.41. The van der Waals surface area contributed by atoms with Gasteiger partial charge in [-0.3, -0.25) is 0 Å². The van der Waals surface area contributed by atoms with E-state index < -0.39 is 11.9 Å². The van der Waals surface area contributed by atoms with Gasteiger partial charge >= 0.3 is 5.97 Å². The molecular formula is C13H17F2NO3. The van der Waals surface area contributed by atoms with Gasteiger partial charge in [0.2, 0.25) is 11.7 Å². The second-order valence-electron chi connectivity index (χ2n) is 5.36. The topological polar surface area (TPSA) is 63.3 Å². The predicted molar refractivity (Wildman–Crippen MR) is 63.7 cm³/mol. The molecule has 1 aromatic heterocycles. The van der Waals surface area contributed by atoms with Crippen LogP contribution in [0.3, 0.4) is 0 Å². The summed E-state index contributed by atoms with van der Waals surface area (Å²) >= 11 is 0. The van der Waals surface area contributed by atoms with Gasteiger partial charge in [-0.2, -0.15) is 0 Å². The zero-order valence-electron chi connectivity index (χ0n) is 10.9. The summed E-state index contributed by atoms with van der Waals surface area (Å²) in [5.74, 6) is -3.93. The first kappa shape index (κ1) is 14.0. The minimum absolute atomic E-state index is 0.0753. The largest absolute Gasteiger partial charge is 0.475 e. The zero-order valence-corrected chi connectivity index (χ0v) is 10.9. The summed E-state index contributed by atoms with van der Waals surface area (Å²) in [6, 6.07) is 0. The molecule has 0 saturated heterocycles. The molecule has 1 aliphatic rings. The maximum Gasteiger partial charge on any atom is 0.373 e. The number of carboxylic acid groups (broad SMARTS) is 1. The number of halogens is 2. The first-order valence-electron chi connectivity index (χ1n) is 6.42. The molecule has 0 bridgehead atoms. The molecular weight excluding hydrogens is 256 g/mol. The smallest absolute Gasteiger partial charge is 0.373 e. The van der Waals surface area contributed by atoms with Crippen LogP contribution in [0.5, 0.6) is 0 Å². The van der Waals surface area contributed by atoms with E-state index in [0.29, 0.717) is 5.69 Å². The molecule has 1 saturated carbocycles. The third kappa shape index (κ3) is 2.93. The van der Waals surface area contributed by atoms with Gasteiger partial charge in [0.1, 0.15) is 0 Å². The van der Waals surface area contributed by atoms with Crippen molar-refractivity contribution >= 4 is 5.97 Å². The minimum Gasteiger partial charge on any atom is -0.475 e. The van der Waals surface area contributed by atoms with E-state index in [4.69, 9.17) is 9.52 Å². The van der Waals surface area contributed by atoms with Gasteiger partial charge in [0.05, 0.1) is 5.69 Å². The summed E-state index contributed by atoms with van der Waals surface area (Å²) in [6.07, 6.45) is 0.174. The predicted octanol–water partition coefficient (Wildman–Crippen LogP) is 3.79. The Morgan fingerprint density at radius 2 is 2.00 bits per heavy atom. The van der Waals surface area contributed by atoms with Gasteiger partial charge in [-0.1, -0.05) is 13.8 Å². The molecule has 0 amide bonds. The van der Waals surface area contributed by atoms with Crippen LogP contribution in [0, 0.1) is 0 Å². The van der Waals surface area contributed by atoms with E-state index >= 15 is 0 Å². The van der Waals surface area contributed by atoms with Crippen molar-refractivity contribution in [3.63, 3.8) is 0 Å². The first-order chi connectivity index (χ1) is 8.80. The fourth-order valence-electron chi connectivity index (χ4n) is 2.36. The number of aromatic carboxylic acids is 1. The van der Waals surface area contributed by atoms with Crippen molar-refractivity contribution in [1.82, 2.24) is 4.98 Å². The lowest BCUT2D eigenvalue weighted by Gasteiger charge is -2.26. The van der Waals surface area contributed by atoms with Crippen LogP contribution in [0.1, 0.15) is 73.5 Å². The summed E-state index contributed by atoms with van der Waals surface area (Å²) in [7, 11) is 0. The maximum atomic E-state index is 13.1. The molecule has 1 aromatic rings. The van der Waals surface area contributed by atoms with Crippen LogP contribution in [-0.4, -0.2) is 22.0 Å². The molecule has 1 heterocycles. The van der Waals surface area contributed by atoms with E-state index in [1.807, 2.05) is 13.8 Å². The van der Waals surface area contributed by atoms with Gasteiger partial charge < -0.3 is 9.52 Å². The van der Waals surface area contributed by atoms with E-state index in [0.717, 1.165) is 0 Å². The standard InChI is InChI=1S/C13H17F2NO3/c1-7(2)9-10(12(17)18)19-11(16-9)8-3-5-13(14,15)6-4-8/h7-8H,3-6H2,1-2H3,(H,17,18). The Morgan fingerprint density at radius 1 is 1.42 bits per heavy atom. The summed E-state index contributed by atoms with van der Waals surface area (Å²) in [5, 5.41) is 9.06. The van der Waals surface area contributed by atoms with Crippen molar-refractivity contribution < 1.29 is 23.1 Å². The van der Waals surface area contributed by atoms with Crippen molar-refractivity contribution in [2.75, 3.05) is 0 Å². The molecule has 2 rings (SSSR count). The highest BCUT2D eigenvalue weighted by Gasteiger charge is 2.37. The summed E-state index contributed by atoms with van der Waals surface area (Å²) in [6.45, 7) is 3.65. The Bertz CT molecular complexity index is 472. The molecule has 0 spiro atoms. The van der Waals surface area contributed by atoms with E-state index in [-0.39, 0.29) is 49.2 Å². The Hall–Kier alpha value is -1.46. The number of hydrogen-bond acceptors (Lipinski definition) is 3. The normalized spacial score (nSPS) is 19.8. The van der Waals surface area contributed by atoms with Gasteiger partial charge in [0.15, 0.2) is 5.89 Å². The van der Waals surface area contributed by atoms with Crippen LogP contribution in [-0.2, 0) is 0 Å². The number of aromatic nitrogens is 1. The van der Waals surface area contributed by atoms with Crippen LogP contribution in [0.2, 0.25) is 0 Å². The lowest BCUT2D eigenvalue weighted by atomic mass is 9.87. The number of carbonyl (C=O) groups is 1. The van der Waals surface area contributed by atoms with Gasteiger partial charge in [-0.15, -0.1) is 0 Å². The quantitative estimate of drug-likeness (QED) is 0.910. The highest BCUT2D eigenvalue weighted by molar-refractivity contribution is 5.85. The molecule has 19 heavy (non-hydrogen) atoms. The second-order valence-corrected chi connectivity index (χ2v) is 5.36. The highest BCUT2D eigenvalue weighted by atomic mass is 19.3. The third-order valence-corrected chi connectivity index (χ3v) is 3.48. The van der Waals surface area contributed by atoms with Gasteiger partial charge in [0, 0.05) is 18.8 Å². The van der Waals surface area contributed by atoms with Crippen molar-refractivity contribution in [1.29, 1.82) is 0 Å². The van der Waals surface area contributed by atoms with Crippen molar-refractivity contribution in [3.05, 3.63) is 17.3 Å². The Kier molecular flexibility index (Phi) is 3.60. The lowest BCUT2D eigenvalue weighted by Crippen LogP contribution is -2.23. The minimum atomic E-state index is -2.61. The molecule has 0 unspecified atom stereocenters. The van der Waals surface area contributed by atoms with E-state index in [1.54, 1.807) is 0 Å². The lowest BCUT2D eigenvalue weighted by molar-refractivity contribution is -0.0399. The Morgan fingerprint density at radius 3 is 2.42 bits per heavy atom. The second kappa shape index (κ2) is 4.90. The van der Waals surface area contributed by atoms with Crippen LogP contribution < -0.4 is 0 Å². The van der Waals surface area contributed by atoms with Crippen molar-refractivity contribution in [3.8, 4) is 0 Å². The van der Waals surface area contributed by atoms with E-state index in [9.17, 15) is 13.6 Å². The molecule has 0 atom stereocenters. The van der Waals surface area contributed by atoms with Crippen LogP contribution in [0.15, 0.2) is 4.42 Å². The molecule has 6 heteroatoms. The molecule has 0 radical (unpaired) electrons. The SMILES string of the molecule is CC(C)c1nc(C2CCC(F)(F)CC2)oc1C(=O)O. The first-order valence-corrected chi connectivity index (χ1v) is 6.42. The molecule has 4 nitrogen and oxygen atoms in total. The number of hydrogen-bond donors (Lipinski definition) is 1. The van der Waals surface area contributed by atoms with E-state index in [1.165, 1.54) is 0 Å². The van der Waals surface area contributed by atoms with Crippen LogP contribution in [0.25, 0.3) is 0 Å². The molecule has 1 aliphatic carbocycles. The Labute approximate surface area is 109 Å². The van der Waals surface area contributed by atoms with Crippen LogP contribution in [0.4, 0.5) is 8.78 Å². The summed E-state index contributed by atoms with van der Waals surface area (Å²) < 4.78 is 31.5. The van der Waals surface area contributed by atoms with Crippen molar-refractivity contribution in [2.45, 2.75) is 57.3 Å². The fourth-order valence-corrected chi connectivity index (χ4v) is 2.36. The molecule has 0 aliphatic heterocycles. The molecule has 0 aromatic carbocycles. The number of oxazole rings is 1. The third-order valence-electron chi connectivity index (χ3n) is 3.48. The number of rotatable bonds is 3. The number of nitrogens with zero attached hydrogens (tertiary/aromatic N) is 1. The van der Waals surface area contributed by atoms with E-state index in [2.05, 4.69) is 4.98 Å². The number of alkyl halides is 2. The van der Waals surface area contributed by atoms with Crippen molar-refractivity contribution in [2.24, 2.45) is 0 Å². The molecule has 1 N–H and O–H groups in total. The monoisotopic (exact) mass is 273 g/mol. The average Bonchev–Trinajstić information content (AvgIpc) is 2.74. The zero-order chi connectivity index (χ0) is 14.2. The molecule has 106 valence electrons. The van der Waals surface area contributed by atoms with Gasteiger partial charge in [-0.25, -0.2) is 18.6 Å². The fraction of sp³-hybridized carbons (Fsp3) is 0.692. The summed E-state index contributed by atoms with van der Waals surface area (Å²) in [5.41, 5.74) is 0.389. The van der Waals surface area contributed by atoms with Crippen LogP contribution >= 0.6 is 0 Å². The Balaban J connectivity index is 2.22. The molecule has 1 fully saturated rings. The van der Waals surface area contributed by atoms with Gasteiger partial charge in [-0.05, 0) is 18.8 Å².